The van der Waals surface area contributed by atoms with Crippen LogP contribution < -0.4 is 0 Å². The molecule has 0 fully saturated rings. The molecule has 1 aliphatic rings. The number of hydrogen-bond donors (Lipinski definition) is 0. The highest BCUT2D eigenvalue weighted by Crippen LogP contribution is 2.51. The average Bonchev–Trinajstić information content (AvgIpc) is 3.59. The molecular weight excluding hydrogens is 581 g/mol. The Morgan fingerprint density at radius 2 is 1.12 bits per heavy atom. The number of aryl methyl sites for hydroxylation is 1. The van der Waals surface area contributed by atoms with Gasteiger partial charge in [0.25, 0.3) is 0 Å². The molecule has 1 atom stereocenters. The molecule has 0 saturated carbocycles. The van der Waals surface area contributed by atoms with Crippen LogP contribution in [0, 0.1) is 0 Å². The molecule has 7 aromatic carbocycles. The summed E-state index contributed by atoms with van der Waals surface area (Å²) in [7, 11) is 2.17. The highest BCUT2D eigenvalue weighted by atomic mass is 14.9. The van der Waals surface area contributed by atoms with E-state index in [0.29, 0.717) is 5.92 Å². The van der Waals surface area contributed by atoms with Gasteiger partial charge in [-0.15, -0.1) is 0 Å². The molecule has 2 heteroatoms. The highest BCUT2D eigenvalue weighted by Gasteiger charge is 2.28. The van der Waals surface area contributed by atoms with E-state index in [2.05, 4.69) is 163 Å². The SMILES string of the molecule is CC1c2ccccc2-c2cc3c(-c4ccc5c(c4)c4ccccc4n5C)c4ccccc4c(-c4cccc(-c5ccccn5)c4)c3cc21. The molecule has 2 aromatic heterocycles. The molecule has 0 spiro atoms. The van der Waals surface area contributed by atoms with E-state index in [1.54, 1.807) is 0 Å². The standard InChI is InChI=1S/C46H32N2/c1-28-32-14-3-4-15-33(32)38-27-41-40(26-37(28)38)45(30-13-11-12-29(24-30)42-19-9-10-23-47-42)35-17-5-6-18-36(35)46(41)31-21-22-44-39(25-31)34-16-7-8-20-43(34)48(44)2/h3-28H,1-2H3. The third-order valence-electron chi connectivity index (χ3n) is 10.7. The van der Waals surface area contributed by atoms with Crippen molar-refractivity contribution in [3.8, 4) is 44.6 Å². The van der Waals surface area contributed by atoms with Crippen molar-refractivity contribution < 1.29 is 0 Å². The minimum Gasteiger partial charge on any atom is -0.344 e. The number of nitrogens with zero attached hydrogens (tertiary/aromatic N) is 2. The first-order valence-electron chi connectivity index (χ1n) is 16.8. The fourth-order valence-corrected chi connectivity index (χ4v) is 8.43. The number of fused-ring (bicyclic) bond motifs is 8. The molecule has 10 rings (SSSR count). The maximum Gasteiger partial charge on any atom is 0.0702 e. The Bertz CT molecular complexity index is 2750. The zero-order valence-electron chi connectivity index (χ0n) is 26.9. The number of para-hydroxylation sites is 1. The molecular formula is C46H32N2. The molecule has 2 heterocycles. The summed E-state index contributed by atoms with van der Waals surface area (Å²) in [5, 5.41) is 7.68. The van der Waals surface area contributed by atoms with E-state index in [0.717, 1.165) is 11.3 Å². The summed E-state index contributed by atoms with van der Waals surface area (Å²) in [6.45, 7) is 2.36. The number of benzene rings is 7. The van der Waals surface area contributed by atoms with Crippen LogP contribution in [-0.4, -0.2) is 9.55 Å². The van der Waals surface area contributed by atoms with E-state index in [1.807, 2.05) is 12.3 Å². The third kappa shape index (κ3) is 3.83. The molecule has 2 nitrogen and oxygen atoms in total. The van der Waals surface area contributed by atoms with Crippen LogP contribution in [0.5, 0.6) is 0 Å². The normalized spacial score (nSPS) is 13.8. The van der Waals surface area contributed by atoms with Crippen molar-refractivity contribution in [1.82, 2.24) is 9.55 Å². The molecule has 1 unspecified atom stereocenters. The maximum atomic E-state index is 4.69. The Morgan fingerprint density at radius 3 is 1.94 bits per heavy atom. The molecule has 0 radical (unpaired) electrons. The van der Waals surface area contributed by atoms with E-state index < -0.39 is 0 Å². The summed E-state index contributed by atoms with van der Waals surface area (Å²) in [5.41, 5.74) is 15.1. The number of aromatic nitrogens is 2. The molecule has 0 amide bonds. The second-order valence-electron chi connectivity index (χ2n) is 13.2. The zero-order valence-corrected chi connectivity index (χ0v) is 26.9. The van der Waals surface area contributed by atoms with Gasteiger partial charge in [-0.1, -0.05) is 104 Å². The summed E-state index contributed by atoms with van der Waals surface area (Å²) in [4.78, 5) is 4.69. The van der Waals surface area contributed by atoms with Crippen LogP contribution in [0.15, 0.2) is 152 Å². The lowest BCUT2D eigenvalue weighted by Crippen LogP contribution is -1.95. The molecule has 48 heavy (non-hydrogen) atoms. The minimum absolute atomic E-state index is 0.329. The minimum atomic E-state index is 0.329. The lowest BCUT2D eigenvalue weighted by molar-refractivity contribution is 0.959. The van der Waals surface area contributed by atoms with E-state index in [-0.39, 0.29) is 0 Å². The zero-order chi connectivity index (χ0) is 31.9. The van der Waals surface area contributed by atoms with Gasteiger partial charge in [-0.05, 0) is 115 Å². The fourth-order valence-electron chi connectivity index (χ4n) is 8.43. The van der Waals surface area contributed by atoms with Crippen LogP contribution in [0.4, 0.5) is 0 Å². The summed E-state index contributed by atoms with van der Waals surface area (Å²) < 4.78 is 2.31. The number of pyridine rings is 1. The summed E-state index contributed by atoms with van der Waals surface area (Å²) in [6, 6.07) is 53.8. The average molecular weight is 613 g/mol. The van der Waals surface area contributed by atoms with Crippen molar-refractivity contribution in [2.75, 3.05) is 0 Å². The van der Waals surface area contributed by atoms with Crippen molar-refractivity contribution in [3.63, 3.8) is 0 Å². The van der Waals surface area contributed by atoms with Gasteiger partial charge in [0.05, 0.1) is 5.69 Å². The number of rotatable bonds is 3. The van der Waals surface area contributed by atoms with Crippen molar-refractivity contribution in [1.29, 1.82) is 0 Å². The van der Waals surface area contributed by atoms with Crippen molar-refractivity contribution in [3.05, 3.63) is 163 Å². The Balaban J connectivity index is 1.34. The van der Waals surface area contributed by atoms with Crippen LogP contribution in [0.3, 0.4) is 0 Å². The lowest BCUT2D eigenvalue weighted by atomic mass is 9.83. The predicted molar refractivity (Wildman–Crippen MR) is 202 cm³/mol. The van der Waals surface area contributed by atoms with Crippen LogP contribution in [0.25, 0.3) is 88.0 Å². The first-order chi connectivity index (χ1) is 23.7. The highest BCUT2D eigenvalue weighted by molar-refractivity contribution is 6.23. The van der Waals surface area contributed by atoms with Gasteiger partial charge in [-0.2, -0.15) is 0 Å². The van der Waals surface area contributed by atoms with Gasteiger partial charge in [0.2, 0.25) is 0 Å². The van der Waals surface area contributed by atoms with Crippen molar-refractivity contribution in [2.24, 2.45) is 7.05 Å². The van der Waals surface area contributed by atoms with E-state index in [9.17, 15) is 0 Å². The van der Waals surface area contributed by atoms with Crippen LogP contribution in [-0.2, 0) is 7.05 Å². The largest absolute Gasteiger partial charge is 0.344 e. The van der Waals surface area contributed by atoms with E-state index >= 15 is 0 Å². The van der Waals surface area contributed by atoms with E-state index in [1.165, 1.54) is 87.9 Å². The van der Waals surface area contributed by atoms with Gasteiger partial charge >= 0.3 is 0 Å². The molecule has 226 valence electrons. The second-order valence-corrected chi connectivity index (χ2v) is 13.2. The Labute approximate surface area is 279 Å². The monoisotopic (exact) mass is 612 g/mol. The van der Waals surface area contributed by atoms with Gasteiger partial charge in [0.15, 0.2) is 0 Å². The molecule has 0 saturated heterocycles. The lowest BCUT2D eigenvalue weighted by Gasteiger charge is -2.20. The maximum absolute atomic E-state index is 4.69. The topological polar surface area (TPSA) is 17.8 Å². The van der Waals surface area contributed by atoms with Crippen LogP contribution in [0.2, 0.25) is 0 Å². The van der Waals surface area contributed by atoms with Gasteiger partial charge < -0.3 is 4.57 Å². The predicted octanol–water partition coefficient (Wildman–Crippen LogP) is 12.2. The summed E-state index contributed by atoms with van der Waals surface area (Å²) in [6.07, 6.45) is 1.87. The first-order valence-corrected chi connectivity index (χ1v) is 16.8. The van der Waals surface area contributed by atoms with Gasteiger partial charge in [-0.25, -0.2) is 0 Å². The molecule has 1 aliphatic carbocycles. The third-order valence-corrected chi connectivity index (χ3v) is 10.7. The van der Waals surface area contributed by atoms with E-state index in [4.69, 9.17) is 0 Å². The molecule has 0 bridgehead atoms. The molecule has 9 aromatic rings. The summed E-state index contributed by atoms with van der Waals surface area (Å²) >= 11 is 0. The smallest absolute Gasteiger partial charge is 0.0702 e. The van der Waals surface area contributed by atoms with Crippen molar-refractivity contribution in [2.45, 2.75) is 12.8 Å². The Morgan fingerprint density at radius 1 is 0.458 bits per heavy atom. The Kier molecular flexibility index (Phi) is 5.80. The Hall–Kier alpha value is -5.99. The summed E-state index contributed by atoms with van der Waals surface area (Å²) in [5.74, 6) is 0.329. The number of hydrogen-bond acceptors (Lipinski definition) is 1. The van der Waals surface area contributed by atoms with Crippen LogP contribution in [0.1, 0.15) is 24.0 Å². The molecule has 0 N–H and O–H groups in total. The fraction of sp³-hybridized carbons (Fsp3) is 0.0652. The first kappa shape index (κ1) is 27.2. The van der Waals surface area contributed by atoms with Gasteiger partial charge in [0.1, 0.15) is 0 Å². The second kappa shape index (κ2) is 10.3. The van der Waals surface area contributed by atoms with Gasteiger partial charge in [0, 0.05) is 46.5 Å². The van der Waals surface area contributed by atoms with Crippen molar-refractivity contribution >= 4 is 43.4 Å². The quantitative estimate of drug-likeness (QED) is 0.182. The van der Waals surface area contributed by atoms with Crippen LogP contribution >= 0.6 is 0 Å². The van der Waals surface area contributed by atoms with Gasteiger partial charge in [-0.3, -0.25) is 4.98 Å². The molecule has 0 aliphatic heterocycles.